The van der Waals surface area contributed by atoms with E-state index in [1.165, 1.54) is 12.3 Å². The third kappa shape index (κ3) is 3.11. The van der Waals surface area contributed by atoms with Gasteiger partial charge in [0, 0.05) is 0 Å². The van der Waals surface area contributed by atoms with E-state index in [4.69, 9.17) is 16.7 Å². The summed E-state index contributed by atoms with van der Waals surface area (Å²) in [6.45, 7) is 0. The summed E-state index contributed by atoms with van der Waals surface area (Å²) < 4.78 is 40.0. The van der Waals surface area contributed by atoms with Gasteiger partial charge in [0.15, 0.2) is 17.4 Å². The minimum Gasteiger partial charge on any atom is -0.503 e. The molecule has 0 radical (unpaired) electrons. The van der Waals surface area contributed by atoms with Crippen molar-refractivity contribution in [2.75, 3.05) is 5.32 Å². The van der Waals surface area contributed by atoms with Gasteiger partial charge >= 0.3 is 0 Å². The molecule has 0 bridgehead atoms. The zero-order valence-electron chi connectivity index (χ0n) is 9.92. The normalized spacial score (nSPS) is 10.5. The van der Waals surface area contributed by atoms with Crippen LogP contribution in [-0.2, 0) is 0 Å². The Morgan fingerprint density at radius 3 is 2.57 bits per heavy atom. The van der Waals surface area contributed by atoms with Crippen LogP contribution in [0.2, 0.25) is 5.15 Å². The van der Waals surface area contributed by atoms with Crippen LogP contribution in [0, 0.1) is 17.5 Å². The van der Waals surface area contributed by atoms with E-state index in [1.807, 2.05) is 0 Å². The number of halogens is 5. The number of phenolic OH excluding ortho intramolecular Hbond substituents is 1. The predicted octanol–water partition coefficient (Wildman–Crippen LogP) is 3.87. The second-order valence-corrected chi connectivity index (χ2v) is 5.05. The molecule has 0 unspecified atom stereocenters. The molecule has 0 aliphatic rings. The Morgan fingerprint density at radius 2 is 1.95 bits per heavy atom. The fourth-order valence-corrected chi connectivity index (χ4v) is 1.90. The van der Waals surface area contributed by atoms with Crippen molar-refractivity contribution in [3.8, 4) is 5.75 Å². The highest BCUT2D eigenvalue weighted by atomic mass is 79.9. The van der Waals surface area contributed by atoms with Crippen molar-refractivity contribution >= 4 is 39.1 Å². The lowest BCUT2D eigenvalue weighted by Gasteiger charge is -2.08. The van der Waals surface area contributed by atoms with E-state index in [1.54, 1.807) is 0 Å². The highest BCUT2D eigenvalue weighted by Crippen LogP contribution is 2.27. The van der Waals surface area contributed by atoms with Crippen molar-refractivity contribution in [3.05, 3.63) is 51.0 Å². The number of hydrogen-bond acceptors (Lipinski definition) is 3. The summed E-state index contributed by atoms with van der Waals surface area (Å²) in [5, 5.41) is 11.4. The van der Waals surface area contributed by atoms with Crippen LogP contribution in [0.4, 0.5) is 18.9 Å². The standard InChI is InChI=1S/C12H5BrClF3N2O2/c13-6-1-4(3-18-11(6)14)19-12(21)5-2-7(15)9(17)10(20)8(5)16/h1-3,20H,(H,19,21). The number of phenols is 1. The van der Waals surface area contributed by atoms with E-state index in [-0.39, 0.29) is 10.8 Å². The number of hydrogen-bond donors (Lipinski definition) is 2. The van der Waals surface area contributed by atoms with E-state index >= 15 is 0 Å². The van der Waals surface area contributed by atoms with Gasteiger partial charge in [-0.1, -0.05) is 11.6 Å². The van der Waals surface area contributed by atoms with Gasteiger partial charge in [0.1, 0.15) is 5.15 Å². The van der Waals surface area contributed by atoms with E-state index in [0.29, 0.717) is 10.5 Å². The number of anilines is 1. The van der Waals surface area contributed by atoms with Gasteiger partial charge in [0.2, 0.25) is 5.82 Å². The first-order valence-corrected chi connectivity index (χ1v) is 6.47. The van der Waals surface area contributed by atoms with Crippen LogP contribution in [0.15, 0.2) is 22.8 Å². The number of pyridine rings is 1. The number of amides is 1. The van der Waals surface area contributed by atoms with Gasteiger partial charge in [-0.3, -0.25) is 4.79 Å². The maximum absolute atomic E-state index is 13.6. The maximum Gasteiger partial charge on any atom is 0.258 e. The SMILES string of the molecule is O=C(Nc1cnc(Cl)c(Br)c1)c1cc(F)c(F)c(O)c1F. The molecular formula is C12H5BrClF3N2O2. The lowest BCUT2D eigenvalue weighted by atomic mass is 10.1. The number of rotatable bonds is 2. The van der Waals surface area contributed by atoms with Crippen molar-refractivity contribution < 1.29 is 23.1 Å². The molecule has 2 rings (SSSR count). The largest absolute Gasteiger partial charge is 0.503 e. The number of aromatic nitrogens is 1. The number of nitrogens with zero attached hydrogens (tertiary/aromatic N) is 1. The Balaban J connectivity index is 2.35. The first kappa shape index (κ1) is 15.6. The highest BCUT2D eigenvalue weighted by Gasteiger charge is 2.22. The molecule has 1 aromatic carbocycles. The second kappa shape index (κ2) is 5.90. The molecule has 0 spiro atoms. The van der Waals surface area contributed by atoms with Crippen LogP contribution < -0.4 is 5.32 Å². The molecule has 110 valence electrons. The summed E-state index contributed by atoms with van der Waals surface area (Å²) in [4.78, 5) is 15.5. The molecule has 0 saturated heterocycles. The van der Waals surface area contributed by atoms with Crippen LogP contribution in [0.1, 0.15) is 10.4 Å². The summed E-state index contributed by atoms with van der Waals surface area (Å²) in [7, 11) is 0. The quantitative estimate of drug-likeness (QED) is 0.613. The topological polar surface area (TPSA) is 62.2 Å². The van der Waals surface area contributed by atoms with Crippen LogP contribution in [0.25, 0.3) is 0 Å². The Labute approximate surface area is 129 Å². The predicted molar refractivity (Wildman–Crippen MR) is 72.9 cm³/mol. The summed E-state index contributed by atoms with van der Waals surface area (Å²) in [5.41, 5.74) is -0.711. The van der Waals surface area contributed by atoms with E-state index in [2.05, 4.69) is 26.2 Å². The molecule has 1 aromatic heterocycles. The van der Waals surface area contributed by atoms with E-state index < -0.39 is 34.7 Å². The molecule has 2 aromatic rings. The zero-order chi connectivity index (χ0) is 15.7. The summed E-state index contributed by atoms with van der Waals surface area (Å²) in [5.74, 6) is -7.52. The van der Waals surface area contributed by atoms with Crippen LogP contribution in [0.3, 0.4) is 0 Å². The van der Waals surface area contributed by atoms with Gasteiger partial charge in [-0.25, -0.2) is 13.8 Å². The minimum atomic E-state index is -1.76. The van der Waals surface area contributed by atoms with E-state index in [0.717, 1.165) is 0 Å². The molecule has 1 amide bonds. The van der Waals surface area contributed by atoms with Gasteiger partial charge in [-0.15, -0.1) is 0 Å². The monoisotopic (exact) mass is 380 g/mol. The number of carbonyl (C=O) groups is 1. The second-order valence-electron chi connectivity index (χ2n) is 3.83. The molecule has 9 heteroatoms. The molecule has 0 saturated carbocycles. The number of benzene rings is 1. The zero-order valence-corrected chi connectivity index (χ0v) is 12.3. The fraction of sp³-hybridized carbons (Fsp3) is 0. The lowest BCUT2D eigenvalue weighted by molar-refractivity contribution is 0.102. The first-order valence-electron chi connectivity index (χ1n) is 5.30. The summed E-state index contributed by atoms with van der Waals surface area (Å²) in [6.07, 6.45) is 1.18. The van der Waals surface area contributed by atoms with Gasteiger partial charge in [-0.2, -0.15) is 4.39 Å². The number of nitrogens with one attached hydrogen (secondary N) is 1. The molecule has 4 nitrogen and oxygen atoms in total. The third-order valence-corrected chi connectivity index (χ3v) is 3.57. The molecule has 2 N–H and O–H groups in total. The lowest BCUT2D eigenvalue weighted by Crippen LogP contribution is -2.15. The van der Waals surface area contributed by atoms with E-state index in [9.17, 15) is 18.0 Å². The molecule has 21 heavy (non-hydrogen) atoms. The molecule has 0 aliphatic carbocycles. The van der Waals surface area contributed by atoms with Crippen LogP contribution in [0.5, 0.6) is 5.75 Å². The smallest absolute Gasteiger partial charge is 0.258 e. The Bertz CT molecular complexity index is 743. The van der Waals surface area contributed by atoms with Crippen molar-refractivity contribution in [2.24, 2.45) is 0 Å². The van der Waals surface area contributed by atoms with Crippen LogP contribution in [-0.4, -0.2) is 16.0 Å². The molecule has 0 aliphatic heterocycles. The van der Waals surface area contributed by atoms with Crippen LogP contribution >= 0.6 is 27.5 Å². The molecular weight excluding hydrogens is 376 g/mol. The van der Waals surface area contributed by atoms with Crippen molar-refractivity contribution in [2.45, 2.75) is 0 Å². The molecule has 0 atom stereocenters. The number of carbonyl (C=O) groups excluding carboxylic acids is 1. The van der Waals surface area contributed by atoms with Crippen molar-refractivity contribution in [1.29, 1.82) is 0 Å². The van der Waals surface area contributed by atoms with Gasteiger partial charge in [-0.05, 0) is 28.1 Å². The maximum atomic E-state index is 13.6. The Morgan fingerprint density at radius 1 is 1.29 bits per heavy atom. The Kier molecular flexibility index (Phi) is 4.38. The highest BCUT2D eigenvalue weighted by molar-refractivity contribution is 9.10. The van der Waals surface area contributed by atoms with Gasteiger partial charge in [0.25, 0.3) is 5.91 Å². The Hall–Kier alpha value is -1.80. The average Bonchev–Trinajstić information content (AvgIpc) is 2.44. The average molecular weight is 382 g/mol. The fourth-order valence-electron chi connectivity index (χ4n) is 1.44. The molecule has 0 fully saturated rings. The first-order chi connectivity index (χ1) is 9.81. The minimum absolute atomic E-state index is 0.139. The van der Waals surface area contributed by atoms with Crippen molar-refractivity contribution in [1.82, 2.24) is 4.98 Å². The van der Waals surface area contributed by atoms with Crippen molar-refractivity contribution in [3.63, 3.8) is 0 Å². The number of aromatic hydroxyl groups is 1. The van der Waals surface area contributed by atoms with Gasteiger partial charge in [0.05, 0.1) is 21.9 Å². The third-order valence-electron chi connectivity index (χ3n) is 2.43. The van der Waals surface area contributed by atoms with Gasteiger partial charge < -0.3 is 10.4 Å². The molecule has 1 heterocycles. The summed E-state index contributed by atoms with van der Waals surface area (Å²) in [6, 6.07) is 1.73. The summed E-state index contributed by atoms with van der Waals surface area (Å²) >= 11 is 8.73.